The molecule has 1 N–H and O–H groups in total. The summed E-state index contributed by atoms with van der Waals surface area (Å²) in [4.78, 5) is 25.0. The van der Waals surface area contributed by atoms with Crippen molar-refractivity contribution in [2.24, 2.45) is 0 Å². The van der Waals surface area contributed by atoms with E-state index >= 15 is 0 Å². The van der Waals surface area contributed by atoms with E-state index in [0.717, 1.165) is 16.3 Å². The highest BCUT2D eigenvalue weighted by atomic mass is 35.5. The lowest BCUT2D eigenvalue weighted by molar-refractivity contribution is -0.156. The molecule has 3 rings (SSSR count). The third kappa shape index (κ3) is 4.50. The molecule has 1 fully saturated rings. The van der Waals surface area contributed by atoms with Gasteiger partial charge < -0.3 is 10.1 Å². The van der Waals surface area contributed by atoms with Crippen molar-refractivity contribution in [1.82, 2.24) is 4.31 Å². The van der Waals surface area contributed by atoms with E-state index in [4.69, 9.17) is 16.3 Å². The van der Waals surface area contributed by atoms with E-state index in [0.29, 0.717) is 23.6 Å². The van der Waals surface area contributed by atoms with E-state index in [-0.39, 0.29) is 4.90 Å². The first-order valence-corrected chi connectivity index (χ1v) is 11.2. The molecular weight excluding hydrogens is 428 g/mol. The fourth-order valence-electron chi connectivity index (χ4n) is 3.30. The molecular formula is C21H23ClN2O5S. The number of carbonyl (C=O) groups excluding carboxylic acids is 2. The summed E-state index contributed by atoms with van der Waals surface area (Å²) >= 11 is 5.93. The lowest BCUT2D eigenvalue weighted by atomic mass is 9.64. The van der Waals surface area contributed by atoms with Gasteiger partial charge in [0.2, 0.25) is 10.0 Å². The molecule has 0 saturated heterocycles. The Morgan fingerprint density at radius 1 is 1.07 bits per heavy atom. The summed E-state index contributed by atoms with van der Waals surface area (Å²) in [5.41, 5.74) is 0.513. The van der Waals surface area contributed by atoms with Crippen LogP contribution in [0.15, 0.2) is 53.4 Å². The number of sulfonamides is 1. The number of nitrogens with one attached hydrogen (secondary N) is 1. The van der Waals surface area contributed by atoms with Crippen molar-refractivity contribution >= 4 is 39.2 Å². The second-order valence-electron chi connectivity index (χ2n) is 7.38. The van der Waals surface area contributed by atoms with Gasteiger partial charge in [-0.3, -0.25) is 9.59 Å². The zero-order valence-corrected chi connectivity index (χ0v) is 18.3. The van der Waals surface area contributed by atoms with Crippen LogP contribution in [0, 0.1) is 0 Å². The van der Waals surface area contributed by atoms with E-state index in [1.54, 1.807) is 12.1 Å². The summed E-state index contributed by atoms with van der Waals surface area (Å²) < 4.78 is 30.6. The molecule has 2 aromatic carbocycles. The van der Waals surface area contributed by atoms with Crippen LogP contribution in [0.1, 0.15) is 24.8 Å². The van der Waals surface area contributed by atoms with Gasteiger partial charge in [0.15, 0.2) is 6.61 Å². The van der Waals surface area contributed by atoms with Crippen molar-refractivity contribution in [1.29, 1.82) is 0 Å². The summed E-state index contributed by atoms with van der Waals surface area (Å²) in [5, 5.41) is 3.19. The minimum absolute atomic E-state index is 0.117. The summed E-state index contributed by atoms with van der Waals surface area (Å²) in [7, 11) is -0.657. The highest BCUT2D eigenvalue weighted by Crippen LogP contribution is 2.45. The molecule has 1 aliphatic carbocycles. The zero-order valence-electron chi connectivity index (χ0n) is 16.7. The smallest absolute Gasteiger partial charge is 0.317 e. The van der Waals surface area contributed by atoms with Crippen LogP contribution in [0.5, 0.6) is 0 Å². The number of benzene rings is 2. The number of carbonyl (C=O) groups is 2. The van der Waals surface area contributed by atoms with Gasteiger partial charge in [0, 0.05) is 24.8 Å². The highest BCUT2D eigenvalue weighted by molar-refractivity contribution is 7.89. The number of halogens is 1. The maximum Gasteiger partial charge on any atom is 0.317 e. The molecule has 160 valence electrons. The van der Waals surface area contributed by atoms with Crippen molar-refractivity contribution in [2.45, 2.75) is 29.6 Å². The van der Waals surface area contributed by atoms with Gasteiger partial charge >= 0.3 is 5.97 Å². The van der Waals surface area contributed by atoms with Crippen molar-refractivity contribution < 1.29 is 22.7 Å². The lowest BCUT2D eigenvalue weighted by Gasteiger charge is -2.39. The van der Waals surface area contributed by atoms with E-state index in [1.165, 1.54) is 38.4 Å². The third-order valence-electron chi connectivity index (χ3n) is 5.25. The molecule has 2 aromatic rings. The second-order valence-corrected chi connectivity index (χ2v) is 9.97. The van der Waals surface area contributed by atoms with E-state index in [1.807, 2.05) is 12.1 Å². The molecule has 0 unspecified atom stereocenters. The molecule has 0 radical (unpaired) electrons. The van der Waals surface area contributed by atoms with E-state index in [9.17, 15) is 18.0 Å². The van der Waals surface area contributed by atoms with Gasteiger partial charge in [-0.1, -0.05) is 30.2 Å². The monoisotopic (exact) mass is 450 g/mol. The molecule has 0 bridgehead atoms. The van der Waals surface area contributed by atoms with Gasteiger partial charge in [0.05, 0.1) is 10.3 Å². The Hall–Kier alpha value is -2.42. The van der Waals surface area contributed by atoms with Crippen LogP contribution in [-0.2, 0) is 29.8 Å². The molecule has 9 heteroatoms. The molecule has 0 heterocycles. The van der Waals surface area contributed by atoms with E-state index in [2.05, 4.69) is 5.32 Å². The van der Waals surface area contributed by atoms with Gasteiger partial charge in [0.1, 0.15) is 0 Å². The van der Waals surface area contributed by atoms with Crippen molar-refractivity contribution in [2.75, 3.05) is 26.0 Å². The van der Waals surface area contributed by atoms with Gasteiger partial charge in [-0.15, -0.1) is 0 Å². The SMILES string of the molecule is CN(C)S(=O)(=O)c1ccc(NC(=O)COC(=O)C2(c3ccc(Cl)cc3)CCC2)cc1. The number of ether oxygens (including phenoxy) is 1. The highest BCUT2D eigenvalue weighted by Gasteiger charge is 2.47. The first-order chi connectivity index (χ1) is 14.1. The van der Waals surface area contributed by atoms with E-state index < -0.39 is 33.9 Å². The maximum atomic E-state index is 12.7. The van der Waals surface area contributed by atoms with Gasteiger partial charge in [-0.05, 0) is 54.8 Å². The predicted molar refractivity (Wildman–Crippen MR) is 114 cm³/mol. The van der Waals surface area contributed by atoms with Gasteiger partial charge in [-0.25, -0.2) is 12.7 Å². The van der Waals surface area contributed by atoms with Crippen molar-refractivity contribution in [3.8, 4) is 0 Å². The van der Waals surface area contributed by atoms with Crippen LogP contribution in [-0.4, -0.2) is 45.3 Å². The van der Waals surface area contributed by atoms with Crippen LogP contribution < -0.4 is 5.32 Å². The molecule has 0 atom stereocenters. The molecule has 7 nitrogen and oxygen atoms in total. The van der Waals surface area contributed by atoms with Gasteiger partial charge in [-0.2, -0.15) is 0 Å². The standard InChI is InChI=1S/C21H23ClN2O5S/c1-24(2)30(27,28)18-10-8-17(9-11-18)23-19(25)14-29-20(26)21(12-3-13-21)15-4-6-16(22)7-5-15/h4-11H,3,12-14H2,1-2H3,(H,23,25). The minimum Gasteiger partial charge on any atom is -0.455 e. The average Bonchev–Trinajstić information content (AvgIpc) is 2.67. The quantitative estimate of drug-likeness (QED) is 0.654. The Morgan fingerprint density at radius 3 is 2.17 bits per heavy atom. The molecule has 0 spiro atoms. The first-order valence-electron chi connectivity index (χ1n) is 9.41. The Morgan fingerprint density at radius 2 is 1.67 bits per heavy atom. The first kappa shape index (κ1) is 22.3. The summed E-state index contributed by atoms with van der Waals surface area (Å²) in [6.07, 6.45) is 2.24. The second kappa shape index (κ2) is 8.75. The third-order valence-corrected chi connectivity index (χ3v) is 7.33. The fraction of sp³-hybridized carbons (Fsp3) is 0.333. The number of hydrogen-bond acceptors (Lipinski definition) is 5. The molecule has 0 aromatic heterocycles. The molecule has 1 amide bonds. The minimum atomic E-state index is -3.54. The Bertz CT molecular complexity index is 1030. The number of amides is 1. The Labute approximate surface area is 181 Å². The fourth-order valence-corrected chi connectivity index (χ4v) is 4.32. The van der Waals surface area contributed by atoms with Crippen molar-refractivity contribution in [3.05, 3.63) is 59.1 Å². The summed E-state index contributed by atoms with van der Waals surface area (Å²) in [6, 6.07) is 12.9. The van der Waals surface area contributed by atoms with Crippen LogP contribution in [0.4, 0.5) is 5.69 Å². The Kier molecular flexibility index (Phi) is 6.50. The molecule has 1 aliphatic rings. The predicted octanol–water partition coefficient (Wildman–Crippen LogP) is 3.19. The number of nitrogens with zero attached hydrogens (tertiary/aromatic N) is 1. The topological polar surface area (TPSA) is 92.8 Å². The Balaban J connectivity index is 1.59. The summed E-state index contributed by atoms with van der Waals surface area (Å²) in [6.45, 7) is -0.425. The molecule has 30 heavy (non-hydrogen) atoms. The maximum absolute atomic E-state index is 12.7. The number of anilines is 1. The number of hydrogen-bond donors (Lipinski definition) is 1. The lowest BCUT2D eigenvalue weighted by Crippen LogP contribution is -2.44. The van der Waals surface area contributed by atoms with Crippen LogP contribution in [0.2, 0.25) is 5.02 Å². The van der Waals surface area contributed by atoms with Crippen LogP contribution in [0.25, 0.3) is 0 Å². The van der Waals surface area contributed by atoms with Crippen LogP contribution in [0.3, 0.4) is 0 Å². The molecule has 1 saturated carbocycles. The summed E-state index contributed by atoms with van der Waals surface area (Å²) in [5.74, 6) is -0.934. The normalized spacial score (nSPS) is 15.3. The van der Waals surface area contributed by atoms with Gasteiger partial charge in [0.25, 0.3) is 5.91 Å². The zero-order chi connectivity index (χ0) is 21.9. The average molecular weight is 451 g/mol. The molecule has 0 aliphatic heterocycles. The number of esters is 1. The largest absolute Gasteiger partial charge is 0.455 e. The van der Waals surface area contributed by atoms with Crippen molar-refractivity contribution in [3.63, 3.8) is 0 Å². The number of rotatable bonds is 7. The van der Waals surface area contributed by atoms with Crippen LogP contribution >= 0.6 is 11.6 Å².